The van der Waals surface area contributed by atoms with Gasteiger partial charge in [-0.3, -0.25) is 0 Å². The van der Waals surface area contributed by atoms with Crippen LogP contribution in [0, 0.1) is 17.2 Å². The maximum absolute atomic E-state index is 6.86. The second-order valence-corrected chi connectivity index (χ2v) is 2.58. The molecule has 0 bridgehead atoms. The third-order valence-corrected chi connectivity index (χ3v) is 1.55. The largest absolute Gasteiger partial charge is 0.313 e. The van der Waals surface area contributed by atoms with Crippen molar-refractivity contribution in [2.45, 2.75) is 20.3 Å². The SMILES string of the molecule is C=CC(CC=N)C(C)C. The summed E-state index contributed by atoms with van der Waals surface area (Å²) >= 11 is 0. The van der Waals surface area contributed by atoms with Gasteiger partial charge < -0.3 is 5.41 Å². The van der Waals surface area contributed by atoms with Gasteiger partial charge in [-0.15, -0.1) is 6.58 Å². The highest BCUT2D eigenvalue weighted by Crippen LogP contribution is 2.13. The lowest BCUT2D eigenvalue weighted by Gasteiger charge is -2.12. The molecule has 0 heterocycles. The summed E-state index contributed by atoms with van der Waals surface area (Å²) in [6, 6.07) is 0. The zero-order valence-corrected chi connectivity index (χ0v) is 6.22. The van der Waals surface area contributed by atoms with Crippen molar-refractivity contribution in [3.05, 3.63) is 12.7 Å². The molecule has 1 atom stereocenters. The van der Waals surface area contributed by atoms with Gasteiger partial charge in [0.1, 0.15) is 0 Å². The van der Waals surface area contributed by atoms with E-state index >= 15 is 0 Å². The molecule has 0 aromatic rings. The van der Waals surface area contributed by atoms with Crippen LogP contribution in [0.25, 0.3) is 0 Å². The summed E-state index contributed by atoms with van der Waals surface area (Å²) in [6.07, 6.45) is 4.21. The highest BCUT2D eigenvalue weighted by molar-refractivity contribution is 5.53. The Balaban J connectivity index is 3.66. The Morgan fingerprint density at radius 3 is 2.22 bits per heavy atom. The van der Waals surface area contributed by atoms with Gasteiger partial charge in [-0.2, -0.15) is 0 Å². The predicted octanol–water partition coefficient (Wildman–Crippen LogP) is 2.48. The zero-order valence-electron chi connectivity index (χ0n) is 6.22. The first-order valence-corrected chi connectivity index (χ1v) is 3.33. The molecular weight excluding hydrogens is 110 g/mol. The van der Waals surface area contributed by atoms with E-state index in [0.29, 0.717) is 11.8 Å². The smallest absolute Gasteiger partial charge is 0.00418 e. The molecule has 0 aromatic heterocycles. The topological polar surface area (TPSA) is 23.9 Å². The van der Waals surface area contributed by atoms with Gasteiger partial charge in [-0.05, 0) is 24.5 Å². The zero-order chi connectivity index (χ0) is 7.28. The van der Waals surface area contributed by atoms with Gasteiger partial charge in [0.05, 0.1) is 0 Å². The summed E-state index contributed by atoms with van der Waals surface area (Å²) in [5, 5.41) is 6.86. The average Bonchev–Trinajstić information content (AvgIpc) is 1.82. The Bertz CT molecular complexity index is 94.7. The predicted molar refractivity (Wildman–Crippen MR) is 41.9 cm³/mol. The molecule has 0 amide bonds. The van der Waals surface area contributed by atoms with Crippen LogP contribution in [0.1, 0.15) is 20.3 Å². The summed E-state index contributed by atoms with van der Waals surface area (Å²) < 4.78 is 0. The Hall–Kier alpha value is -0.590. The van der Waals surface area contributed by atoms with Gasteiger partial charge >= 0.3 is 0 Å². The summed E-state index contributed by atoms with van der Waals surface area (Å²) in [6.45, 7) is 7.99. The van der Waals surface area contributed by atoms with Crippen molar-refractivity contribution in [2.75, 3.05) is 0 Å². The lowest BCUT2D eigenvalue weighted by molar-refractivity contribution is 0.483. The molecule has 0 saturated carbocycles. The van der Waals surface area contributed by atoms with Crippen molar-refractivity contribution in [1.29, 1.82) is 5.41 Å². The number of hydrogen-bond donors (Lipinski definition) is 1. The van der Waals surface area contributed by atoms with Gasteiger partial charge in [-0.25, -0.2) is 0 Å². The fourth-order valence-electron chi connectivity index (χ4n) is 0.777. The summed E-state index contributed by atoms with van der Waals surface area (Å²) in [5.41, 5.74) is 0. The first-order valence-electron chi connectivity index (χ1n) is 3.33. The number of hydrogen-bond acceptors (Lipinski definition) is 1. The third kappa shape index (κ3) is 3.07. The van der Waals surface area contributed by atoms with E-state index in [-0.39, 0.29) is 0 Å². The molecule has 1 N–H and O–H groups in total. The quantitative estimate of drug-likeness (QED) is 0.441. The molecule has 0 aliphatic rings. The van der Waals surface area contributed by atoms with Crippen LogP contribution in [-0.4, -0.2) is 6.21 Å². The van der Waals surface area contributed by atoms with Crippen molar-refractivity contribution >= 4 is 6.21 Å². The van der Waals surface area contributed by atoms with E-state index in [9.17, 15) is 0 Å². The Kier molecular flexibility index (Phi) is 4.02. The van der Waals surface area contributed by atoms with E-state index < -0.39 is 0 Å². The summed E-state index contributed by atoms with van der Waals surface area (Å²) in [7, 11) is 0. The molecule has 52 valence electrons. The van der Waals surface area contributed by atoms with Crippen LogP contribution in [-0.2, 0) is 0 Å². The first-order chi connectivity index (χ1) is 4.22. The minimum atomic E-state index is 0.488. The minimum absolute atomic E-state index is 0.488. The van der Waals surface area contributed by atoms with E-state index in [1.165, 1.54) is 6.21 Å². The van der Waals surface area contributed by atoms with Crippen LogP contribution in [0.5, 0.6) is 0 Å². The standard InChI is InChI=1S/C8H15N/c1-4-8(5-6-9)7(2)3/h4,6-9H,1,5H2,2-3H3. The highest BCUT2D eigenvalue weighted by Gasteiger charge is 2.05. The summed E-state index contributed by atoms with van der Waals surface area (Å²) in [5.74, 6) is 1.10. The number of allylic oxidation sites excluding steroid dienone is 1. The van der Waals surface area contributed by atoms with E-state index in [2.05, 4.69) is 20.4 Å². The molecule has 0 spiro atoms. The molecule has 0 aliphatic heterocycles. The van der Waals surface area contributed by atoms with Crippen LogP contribution < -0.4 is 0 Å². The summed E-state index contributed by atoms with van der Waals surface area (Å²) in [4.78, 5) is 0. The monoisotopic (exact) mass is 125 g/mol. The maximum atomic E-state index is 6.86. The van der Waals surface area contributed by atoms with E-state index in [0.717, 1.165) is 6.42 Å². The molecule has 0 fully saturated rings. The van der Waals surface area contributed by atoms with Gasteiger partial charge in [0.2, 0.25) is 0 Å². The van der Waals surface area contributed by atoms with Crippen molar-refractivity contribution in [3.8, 4) is 0 Å². The van der Waals surface area contributed by atoms with Crippen molar-refractivity contribution in [1.82, 2.24) is 0 Å². The second-order valence-electron chi connectivity index (χ2n) is 2.58. The lowest BCUT2D eigenvalue weighted by atomic mass is 9.93. The second kappa shape index (κ2) is 4.30. The first kappa shape index (κ1) is 8.41. The van der Waals surface area contributed by atoms with Crippen LogP contribution in [0.3, 0.4) is 0 Å². The van der Waals surface area contributed by atoms with Crippen LogP contribution in [0.4, 0.5) is 0 Å². The Labute approximate surface area is 57.3 Å². The maximum Gasteiger partial charge on any atom is -0.00418 e. The van der Waals surface area contributed by atoms with Gasteiger partial charge in [-0.1, -0.05) is 19.9 Å². The average molecular weight is 125 g/mol. The molecule has 0 rings (SSSR count). The molecule has 1 nitrogen and oxygen atoms in total. The molecule has 0 radical (unpaired) electrons. The molecular formula is C8H15N. The van der Waals surface area contributed by atoms with Crippen LogP contribution in [0.15, 0.2) is 12.7 Å². The fraction of sp³-hybridized carbons (Fsp3) is 0.625. The molecule has 0 aliphatic carbocycles. The lowest BCUT2D eigenvalue weighted by Crippen LogP contribution is -2.04. The van der Waals surface area contributed by atoms with Crippen LogP contribution in [0.2, 0.25) is 0 Å². The molecule has 0 aromatic carbocycles. The van der Waals surface area contributed by atoms with Crippen LogP contribution >= 0.6 is 0 Å². The van der Waals surface area contributed by atoms with Gasteiger partial charge in [0, 0.05) is 0 Å². The number of nitrogens with one attached hydrogen (secondary N) is 1. The Morgan fingerprint density at radius 2 is 2.11 bits per heavy atom. The van der Waals surface area contributed by atoms with Gasteiger partial charge in [0.15, 0.2) is 0 Å². The van der Waals surface area contributed by atoms with E-state index in [4.69, 9.17) is 5.41 Å². The van der Waals surface area contributed by atoms with Gasteiger partial charge in [0.25, 0.3) is 0 Å². The van der Waals surface area contributed by atoms with Crippen molar-refractivity contribution in [3.63, 3.8) is 0 Å². The van der Waals surface area contributed by atoms with Crippen molar-refractivity contribution in [2.24, 2.45) is 11.8 Å². The third-order valence-electron chi connectivity index (χ3n) is 1.55. The molecule has 1 heteroatoms. The number of rotatable bonds is 4. The van der Waals surface area contributed by atoms with E-state index in [1.54, 1.807) is 0 Å². The Morgan fingerprint density at radius 1 is 1.56 bits per heavy atom. The molecule has 0 saturated heterocycles. The fourth-order valence-corrected chi connectivity index (χ4v) is 0.777. The minimum Gasteiger partial charge on any atom is -0.313 e. The molecule has 1 unspecified atom stereocenters. The van der Waals surface area contributed by atoms with Crippen molar-refractivity contribution < 1.29 is 0 Å². The molecule has 9 heavy (non-hydrogen) atoms. The van der Waals surface area contributed by atoms with E-state index in [1.807, 2.05) is 6.08 Å². The normalized spacial score (nSPS) is 13.2. The highest BCUT2D eigenvalue weighted by atomic mass is 14.3.